The van der Waals surface area contributed by atoms with Gasteiger partial charge >= 0.3 is 0 Å². The molecule has 0 amide bonds. The minimum Gasteiger partial charge on any atom is -0.376 e. The van der Waals surface area contributed by atoms with Gasteiger partial charge in [0, 0.05) is 25.4 Å². The van der Waals surface area contributed by atoms with E-state index in [-0.39, 0.29) is 11.5 Å². The second kappa shape index (κ2) is 8.46. The topological polar surface area (TPSA) is 48.3 Å². The molecule has 1 aliphatic rings. The molecule has 24 heavy (non-hydrogen) atoms. The molecule has 1 fully saturated rings. The van der Waals surface area contributed by atoms with Crippen LogP contribution in [0.4, 0.5) is 5.69 Å². The van der Waals surface area contributed by atoms with E-state index in [4.69, 9.17) is 22.2 Å². The van der Waals surface area contributed by atoms with Crippen LogP contribution >= 0.6 is 12.2 Å². The Kier molecular flexibility index (Phi) is 6.59. The molecule has 1 heterocycles. The average molecular weight is 346 g/mol. The Labute approximate surface area is 150 Å². The number of nitrogens with zero attached hydrogens (tertiary/aromatic N) is 2. The molecule has 0 spiro atoms. The smallest absolute Gasteiger partial charge is 0.173 e. The van der Waals surface area contributed by atoms with Crippen molar-refractivity contribution >= 4 is 23.0 Å². The average Bonchev–Trinajstić information content (AvgIpc) is 3.04. The third kappa shape index (κ3) is 5.47. The maximum absolute atomic E-state index is 8.88. The molecule has 1 atom stereocenters. The summed E-state index contributed by atoms with van der Waals surface area (Å²) in [4.78, 5) is 2.05. The summed E-state index contributed by atoms with van der Waals surface area (Å²) in [6, 6.07) is 10.6. The molecule has 0 saturated carbocycles. The monoisotopic (exact) mass is 345 g/mol. The van der Waals surface area contributed by atoms with Crippen molar-refractivity contribution < 1.29 is 4.74 Å². The van der Waals surface area contributed by atoms with Crippen LogP contribution in [0.1, 0.15) is 45.6 Å². The number of hydrogen-bond acceptors (Lipinski definition) is 3. The summed E-state index contributed by atoms with van der Waals surface area (Å²) in [6.45, 7) is 8.79. The van der Waals surface area contributed by atoms with E-state index in [0.29, 0.717) is 18.1 Å². The van der Waals surface area contributed by atoms with Gasteiger partial charge in [-0.1, -0.05) is 32.9 Å². The predicted molar refractivity (Wildman–Crippen MR) is 102 cm³/mol. The highest BCUT2D eigenvalue weighted by atomic mass is 32.1. The molecule has 0 radical (unpaired) electrons. The Balaban J connectivity index is 1.99. The van der Waals surface area contributed by atoms with E-state index < -0.39 is 0 Å². The number of nitriles is 1. The largest absolute Gasteiger partial charge is 0.376 e. The number of ether oxygens (including phenoxy) is 1. The van der Waals surface area contributed by atoms with Crippen molar-refractivity contribution in [2.45, 2.75) is 51.6 Å². The third-order valence-corrected chi connectivity index (χ3v) is 4.59. The van der Waals surface area contributed by atoms with Crippen molar-refractivity contribution in [1.29, 1.82) is 5.26 Å². The fourth-order valence-corrected chi connectivity index (χ4v) is 3.03. The summed E-state index contributed by atoms with van der Waals surface area (Å²) in [5, 5.41) is 12.8. The van der Waals surface area contributed by atoms with Gasteiger partial charge in [0.1, 0.15) is 0 Å². The molecular formula is C19H27N3OS. The quantitative estimate of drug-likeness (QED) is 0.815. The molecule has 4 nitrogen and oxygen atoms in total. The van der Waals surface area contributed by atoms with Crippen LogP contribution in [0, 0.1) is 11.3 Å². The van der Waals surface area contributed by atoms with Gasteiger partial charge in [0.2, 0.25) is 0 Å². The summed E-state index contributed by atoms with van der Waals surface area (Å²) >= 11 is 5.56. The molecule has 0 bridgehead atoms. The van der Waals surface area contributed by atoms with Crippen molar-refractivity contribution in [1.82, 2.24) is 4.90 Å². The van der Waals surface area contributed by atoms with Crippen LogP contribution in [0.15, 0.2) is 24.3 Å². The van der Waals surface area contributed by atoms with Crippen molar-refractivity contribution in [2.24, 2.45) is 0 Å². The normalized spacial score (nSPS) is 17.3. The van der Waals surface area contributed by atoms with Gasteiger partial charge in [-0.15, -0.1) is 0 Å². The SMILES string of the molecule is CC(C)(C)c1ccc(NC(=S)N(CCC#N)CC2CCCO2)cc1. The van der Waals surface area contributed by atoms with Crippen LogP contribution in [-0.4, -0.2) is 35.8 Å². The van der Waals surface area contributed by atoms with E-state index in [2.05, 4.69) is 56.4 Å². The molecule has 5 heteroatoms. The Morgan fingerprint density at radius 2 is 2.08 bits per heavy atom. The predicted octanol–water partition coefficient (Wildman–Crippen LogP) is 4.08. The van der Waals surface area contributed by atoms with Crippen LogP contribution in [0.3, 0.4) is 0 Å². The minimum atomic E-state index is 0.137. The van der Waals surface area contributed by atoms with Gasteiger partial charge in [0.05, 0.1) is 18.6 Å². The van der Waals surface area contributed by atoms with E-state index >= 15 is 0 Å². The molecule has 1 saturated heterocycles. The van der Waals surface area contributed by atoms with E-state index in [1.165, 1.54) is 5.56 Å². The number of thiocarbonyl (C=S) groups is 1. The number of nitrogens with one attached hydrogen (secondary N) is 1. The summed E-state index contributed by atoms with van der Waals surface area (Å²) < 4.78 is 5.70. The van der Waals surface area contributed by atoms with Crippen LogP contribution in [0.5, 0.6) is 0 Å². The molecule has 0 aromatic heterocycles. The summed E-state index contributed by atoms with van der Waals surface area (Å²) in [5.41, 5.74) is 2.40. The van der Waals surface area contributed by atoms with Crippen molar-refractivity contribution in [3.8, 4) is 6.07 Å². The number of benzene rings is 1. The molecule has 130 valence electrons. The molecular weight excluding hydrogens is 318 g/mol. The van der Waals surface area contributed by atoms with Gasteiger partial charge in [0.15, 0.2) is 5.11 Å². The molecule has 1 unspecified atom stereocenters. The van der Waals surface area contributed by atoms with E-state index in [1.807, 2.05) is 4.90 Å². The van der Waals surface area contributed by atoms with Crippen molar-refractivity contribution in [2.75, 3.05) is 25.0 Å². The fourth-order valence-electron chi connectivity index (χ4n) is 2.75. The van der Waals surface area contributed by atoms with Gasteiger partial charge in [-0.3, -0.25) is 0 Å². The summed E-state index contributed by atoms with van der Waals surface area (Å²) in [5.74, 6) is 0. The first-order valence-electron chi connectivity index (χ1n) is 8.55. The number of rotatable bonds is 5. The van der Waals surface area contributed by atoms with Gasteiger partial charge in [0.25, 0.3) is 0 Å². The second-order valence-electron chi connectivity index (χ2n) is 7.25. The van der Waals surface area contributed by atoms with Crippen LogP contribution in [0.25, 0.3) is 0 Å². The first-order chi connectivity index (χ1) is 11.4. The Morgan fingerprint density at radius 1 is 1.38 bits per heavy atom. The number of hydrogen-bond donors (Lipinski definition) is 1. The lowest BCUT2D eigenvalue weighted by atomic mass is 9.87. The van der Waals surface area contributed by atoms with Crippen molar-refractivity contribution in [3.05, 3.63) is 29.8 Å². The third-order valence-electron chi connectivity index (χ3n) is 4.23. The molecule has 1 aliphatic heterocycles. The van der Waals surface area contributed by atoms with E-state index in [0.717, 1.165) is 31.7 Å². The lowest BCUT2D eigenvalue weighted by Gasteiger charge is -2.27. The highest BCUT2D eigenvalue weighted by Gasteiger charge is 2.21. The molecule has 1 aromatic rings. The maximum atomic E-state index is 8.88. The standard InChI is InChI=1S/C19H27N3OS/c1-19(2,3)15-7-9-16(10-8-15)21-18(24)22(12-5-11-20)14-17-6-4-13-23-17/h7-10,17H,4-6,12-14H2,1-3H3,(H,21,24). The zero-order valence-electron chi connectivity index (χ0n) is 14.8. The van der Waals surface area contributed by atoms with Gasteiger partial charge in [-0.2, -0.15) is 5.26 Å². The van der Waals surface area contributed by atoms with E-state index in [9.17, 15) is 0 Å². The van der Waals surface area contributed by atoms with Crippen LogP contribution < -0.4 is 5.32 Å². The molecule has 1 aromatic carbocycles. The first kappa shape index (κ1) is 18.7. The van der Waals surface area contributed by atoms with Crippen molar-refractivity contribution in [3.63, 3.8) is 0 Å². The first-order valence-corrected chi connectivity index (χ1v) is 8.96. The summed E-state index contributed by atoms with van der Waals surface area (Å²) in [6.07, 6.45) is 2.83. The number of anilines is 1. The van der Waals surface area contributed by atoms with Gasteiger partial charge in [-0.25, -0.2) is 0 Å². The fraction of sp³-hybridized carbons (Fsp3) is 0.579. The maximum Gasteiger partial charge on any atom is 0.173 e. The second-order valence-corrected chi connectivity index (χ2v) is 7.63. The highest BCUT2D eigenvalue weighted by Crippen LogP contribution is 2.23. The van der Waals surface area contributed by atoms with Crippen LogP contribution in [0.2, 0.25) is 0 Å². The Hall–Kier alpha value is -1.64. The van der Waals surface area contributed by atoms with Crippen LogP contribution in [-0.2, 0) is 10.2 Å². The van der Waals surface area contributed by atoms with Gasteiger partial charge < -0.3 is 15.0 Å². The lowest BCUT2D eigenvalue weighted by Crippen LogP contribution is -2.40. The highest BCUT2D eigenvalue weighted by molar-refractivity contribution is 7.80. The zero-order chi connectivity index (χ0) is 17.6. The summed E-state index contributed by atoms with van der Waals surface area (Å²) in [7, 11) is 0. The molecule has 1 N–H and O–H groups in total. The van der Waals surface area contributed by atoms with E-state index in [1.54, 1.807) is 0 Å². The molecule has 0 aliphatic carbocycles. The zero-order valence-corrected chi connectivity index (χ0v) is 15.7. The van der Waals surface area contributed by atoms with Gasteiger partial charge in [-0.05, 0) is 48.2 Å². The Morgan fingerprint density at radius 3 is 2.62 bits per heavy atom. The lowest BCUT2D eigenvalue weighted by molar-refractivity contribution is 0.0922. The molecule has 2 rings (SSSR count). The minimum absolute atomic E-state index is 0.137. The Bertz CT molecular complexity index is 580.